The first-order valence-corrected chi connectivity index (χ1v) is 5.99. The maximum absolute atomic E-state index is 5.85. The molecule has 2 aromatic heterocycles. The molecule has 0 unspecified atom stereocenters. The summed E-state index contributed by atoms with van der Waals surface area (Å²) in [7, 11) is 1.91. The molecule has 0 aliphatic heterocycles. The second kappa shape index (κ2) is 4.75. The number of rotatable bonds is 3. The number of aryl methyl sites for hydroxylation is 2. The summed E-state index contributed by atoms with van der Waals surface area (Å²) in [6, 6.07) is 1.82. The Labute approximate surface area is 108 Å². The normalized spacial score (nSPS) is 10.5. The van der Waals surface area contributed by atoms with E-state index in [1.807, 2.05) is 26.2 Å². The zero-order chi connectivity index (χ0) is 12.4. The number of anilines is 2. The molecule has 0 spiro atoms. The topological polar surface area (TPSA) is 68.8 Å². The summed E-state index contributed by atoms with van der Waals surface area (Å²) in [5.74, 6) is 0.691. The molecule has 0 aromatic carbocycles. The number of hydrogen-bond donors (Lipinski definition) is 2. The minimum Gasteiger partial charge on any atom is -0.396 e. The van der Waals surface area contributed by atoms with E-state index in [4.69, 9.17) is 5.73 Å². The minimum absolute atomic E-state index is 0.626. The second-order valence-corrected chi connectivity index (χ2v) is 4.77. The lowest BCUT2D eigenvalue weighted by Crippen LogP contribution is -2.04. The molecule has 6 heteroatoms. The molecule has 0 fully saturated rings. The molecule has 0 saturated heterocycles. The van der Waals surface area contributed by atoms with Crippen molar-refractivity contribution in [2.24, 2.45) is 7.05 Å². The van der Waals surface area contributed by atoms with Crippen molar-refractivity contribution in [2.45, 2.75) is 13.5 Å². The van der Waals surface area contributed by atoms with Crippen LogP contribution in [-0.2, 0) is 13.6 Å². The van der Waals surface area contributed by atoms with Crippen LogP contribution in [0.25, 0.3) is 0 Å². The Morgan fingerprint density at radius 2 is 2.29 bits per heavy atom. The number of nitrogen functional groups attached to an aromatic ring is 1. The number of pyridine rings is 1. The van der Waals surface area contributed by atoms with E-state index in [9.17, 15) is 0 Å². The van der Waals surface area contributed by atoms with Gasteiger partial charge in [-0.3, -0.25) is 4.68 Å². The molecular weight excluding hydrogens is 282 g/mol. The number of aromatic nitrogens is 3. The van der Waals surface area contributed by atoms with Crippen LogP contribution in [0.4, 0.5) is 11.5 Å². The molecular formula is C11H14BrN5. The van der Waals surface area contributed by atoms with Crippen molar-refractivity contribution < 1.29 is 0 Å². The van der Waals surface area contributed by atoms with Gasteiger partial charge in [0.25, 0.3) is 0 Å². The van der Waals surface area contributed by atoms with E-state index in [2.05, 4.69) is 31.3 Å². The minimum atomic E-state index is 0.626. The third kappa shape index (κ3) is 2.76. The fraction of sp³-hybridized carbons (Fsp3) is 0.273. The van der Waals surface area contributed by atoms with E-state index in [1.54, 1.807) is 10.9 Å². The first-order chi connectivity index (χ1) is 8.06. The van der Waals surface area contributed by atoms with E-state index in [-0.39, 0.29) is 0 Å². The molecule has 2 heterocycles. The molecule has 3 N–H and O–H groups in total. The standard InChI is InChI=1S/C11H14BrN5/c1-7-8(6-17(2)16-7)4-14-11-10(13)3-9(12)5-15-11/h3,5-6H,4,13H2,1-2H3,(H,14,15). The summed E-state index contributed by atoms with van der Waals surface area (Å²) in [6.45, 7) is 2.65. The van der Waals surface area contributed by atoms with Crippen LogP contribution in [0.5, 0.6) is 0 Å². The summed E-state index contributed by atoms with van der Waals surface area (Å²) in [5.41, 5.74) is 8.62. The van der Waals surface area contributed by atoms with Gasteiger partial charge >= 0.3 is 0 Å². The monoisotopic (exact) mass is 295 g/mol. The van der Waals surface area contributed by atoms with Crippen molar-refractivity contribution in [1.82, 2.24) is 14.8 Å². The average Bonchev–Trinajstić information content (AvgIpc) is 2.56. The summed E-state index contributed by atoms with van der Waals surface area (Å²) in [6.07, 6.45) is 3.70. The number of hydrogen-bond acceptors (Lipinski definition) is 4. The number of nitrogens with one attached hydrogen (secondary N) is 1. The molecule has 17 heavy (non-hydrogen) atoms. The van der Waals surface area contributed by atoms with E-state index < -0.39 is 0 Å². The van der Waals surface area contributed by atoms with Crippen LogP contribution in [0.2, 0.25) is 0 Å². The van der Waals surface area contributed by atoms with Gasteiger partial charge in [0.15, 0.2) is 0 Å². The molecule has 0 atom stereocenters. The van der Waals surface area contributed by atoms with Gasteiger partial charge in [-0.2, -0.15) is 5.10 Å². The Balaban J connectivity index is 2.10. The van der Waals surface area contributed by atoms with Crippen molar-refractivity contribution >= 4 is 27.4 Å². The third-order valence-electron chi connectivity index (χ3n) is 2.45. The first-order valence-electron chi connectivity index (χ1n) is 5.20. The second-order valence-electron chi connectivity index (χ2n) is 3.86. The molecule has 5 nitrogen and oxygen atoms in total. The highest BCUT2D eigenvalue weighted by Gasteiger charge is 2.05. The van der Waals surface area contributed by atoms with Gasteiger partial charge in [0.2, 0.25) is 0 Å². The molecule has 2 aromatic rings. The van der Waals surface area contributed by atoms with Crippen molar-refractivity contribution in [3.05, 3.63) is 34.2 Å². The zero-order valence-electron chi connectivity index (χ0n) is 9.74. The van der Waals surface area contributed by atoms with Crippen molar-refractivity contribution in [1.29, 1.82) is 0 Å². The Morgan fingerprint density at radius 3 is 2.88 bits per heavy atom. The van der Waals surface area contributed by atoms with Crippen LogP contribution < -0.4 is 11.1 Å². The fourth-order valence-corrected chi connectivity index (χ4v) is 1.95. The number of nitrogens with zero attached hydrogens (tertiary/aromatic N) is 3. The maximum atomic E-state index is 5.85. The van der Waals surface area contributed by atoms with Gasteiger partial charge in [0.1, 0.15) is 5.82 Å². The first kappa shape index (κ1) is 11.9. The highest BCUT2D eigenvalue weighted by atomic mass is 79.9. The predicted octanol–water partition coefficient (Wildman–Crippen LogP) is 2.08. The summed E-state index contributed by atoms with van der Waals surface area (Å²) >= 11 is 3.32. The van der Waals surface area contributed by atoms with Gasteiger partial charge in [-0.05, 0) is 28.9 Å². The highest BCUT2D eigenvalue weighted by molar-refractivity contribution is 9.10. The zero-order valence-corrected chi connectivity index (χ0v) is 11.3. The van der Waals surface area contributed by atoms with Crippen LogP contribution >= 0.6 is 15.9 Å². The maximum Gasteiger partial charge on any atom is 0.149 e. The molecule has 0 bridgehead atoms. The van der Waals surface area contributed by atoms with Crippen molar-refractivity contribution in [3.8, 4) is 0 Å². The van der Waals surface area contributed by atoms with Crippen LogP contribution in [-0.4, -0.2) is 14.8 Å². The van der Waals surface area contributed by atoms with Gasteiger partial charge in [-0.25, -0.2) is 4.98 Å². The smallest absolute Gasteiger partial charge is 0.149 e. The molecule has 2 rings (SSSR count). The van der Waals surface area contributed by atoms with E-state index in [0.29, 0.717) is 18.1 Å². The predicted molar refractivity (Wildman–Crippen MR) is 71.6 cm³/mol. The van der Waals surface area contributed by atoms with E-state index in [0.717, 1.165) is 15.7 Å². The Morgan fingerprint density at radius 1 is 1.53 bits per heavy atom. The van der Waals surface area contributed by atoms with Crippen LogP contribution in [0.15, 0.2) is 22.9 Å². The molecule has 90 valence electrons. The fourth-order valence-electron chi connectivity index (χ4n) is 1.60. The highest BCUT2D eigenvalue weighted by Crippen LogP contribution is 2.20. The molecule has 0 saturated carbocycles. The largest absolute Gasteiger partial charge is 0.396 e. The lowest BCUT2D eigenvalue weighted by molar-refractivity contribution is 0.756. The quantitative estimate of drug-likeness (QED) is 0.910. The lowest BCUT2D eigenvalue weighted by atomic mass is 10.2. The van der Waals surface area contributed by atoms with Crippen molar-refractivity contribution in [3.63, 3.8) is 0 Å². The average molecular weight is 296 g/mol. The molecule has 0 aliphatic carbocycles. The van der Waals surface area contributed by atoms with E-state index in [1.165, 1.54) is 0 Å². The van der Waals surface area contributed by atoms with Gasteiger partial charge in [0, 0.05) is 36.0 Å². The van der Waals surface area contributed by atoms with Crippen LogP contribution in [0.3, 0.4) is 0 Å². The summed E-state index contributed by atoms with van der Waals surface area (Å²) in [5, 5.41) is 7.48. The third-order valence-corrected chi connectivity index (χ3v) is 2.88. The van der Waals surface area contributed by atoms with Crippen molar-refractivity contribution in [2.75, 3.05) is 11.1 Å². The molecule has 0 amide bonds. The van der Waals surface area contributed by atoms with Gasteiger partial charge in [0.05, 0.1) is 11.4 Å². The molecule has 0 aliphatic rings. The van der Waals surface area contributed by atoms with Gasteiger partial charge < -0.3 is 11.1 Å². The van der Waals surface area contributed by atoms with E-state index >= 15 is 0 Å². The summed E-state index contributed by atoms with van der Waals surface area (Å²) in [4.78, 5) is 4.22. The molecule has 0 radical (unpaired) electrons. The number of halogens is 1. The van der Waals surface area contributed by atoms with Crippen LogP contribution in [0, 0.1) is 6.92 Å². The van der Waals surface area contributed by atoms with Gasteiger partial charge in [-0.1, -0.05) is 0 Å². The van der Waals surface area contributed by atoms with Gasteiger partial charge in [-0.15, -0.1) is 0 Å². The summed E-state index contributed by atoms with van der Waals surface area (Å²) < 4.78 is 2.67. The number of nitrogens with two attached hydrogens (primary N) is 1. The SMILES string of the molecule is Cc1nn(C)cc1CNc1ncc(Br)cc1N. The Bertz CT molecular complexity index is 535. The Kier molecular flexibility index (Phi) is 3.33. The van der Waals surface area contributed by atoms with Crippen LogP contribution in [0.1, 0.15) is 11.3 Å². The lowest BCUT2D eigenvalue weighted by Gasteiger charge is -2.07. The Hall–Kier alpha value is -1.56.